The van der Waals surface area contributed by atoms with Crippen LogP contribution >= 0.6 is 11.3 Å². The minimum absolute atomic E-state index is 0.00599. The van der Waals surface area contributed by atoms with Crippen LogP contribution in [0.15, 0.2) is 42.0 Å². The fourth-order valence-corrected chi connectivity index (χ4v) is 4.37. The second-order valence-electron chi connectivity index (χ2n) is 7.98. The Hall–Kier alpha value is -3.57. The molecule has 4 aromatic rings. The average molecular weight is 479 g/mol. The van der Waals surface area contributed by atoms with E-state index in [0.29, 0.717) is 30.5 Å². The Balaban J connectivity index is 1.40. The number of anilines is 3. The molecule has 5 rings (SSSR count). The topological polar surface area (TPSA) is 118 Å². The number of hydrogen-bond donors (Lipinski definition) is 3. The minimum atomic E-state index is -0.00599. The number of rotatable bonds is 8. The molecule has 0 atom stereocenters. The summed E-state index contributed by atoms with van der Waals surface area (Å²) in [6, 6.07) is 8.00. The van der Waals surface area contributed by atoms with E-state index in [9.17, 15) is 4.79 Å². The SMILES string of the molecule is CCC(=O)Nc1ccc(CNc2nc(NC3CCOCC3)nc3c(-c4nccs4)cnn23)cc1. The van der Waals surface area contributed by atoms with Crippen molar-refractivity contribution in [2.45, 2.75) is 38.8 Å². The largest absolute Gasteiger partial charge is 0.381 e. The number of ether oxygens (including phenoxy) is 1. The van der Waals surface area contributed by atoms with E-state index in [-0.39, 0.29) is 11.9 Å². The maximum Gasteiger partial charge on any atom is 0.229 e. The molecule has 1 aromatic carbocycles. The lowest BCUT2D eigenvalue weighted by molar-refractivity contribution is -0.115. The molecule has 1 fully saturated rings. The molecule has 0 unspecified atom stereocenters. The van der Waals surface area contributed by atoms with Gasteiger partial charge in [-0.25, -0.2) is 4.98 Å². The van der Waals surface area contributed by atoms with Crippen LogP contribution in [0.3, 0.4) is 0 Å². The molecule has 4 heterocycles. The van der Waals surface area contributed by atoms with Crippen molar-refractivity contribution in [2.24, 2.45) is 0 Å². The van der Waals surface area contributed by atoms with Gasteiger partial charge in [0.2, 0.25) is 17.8 Å². The molecule has 0 saturated carbocycles. The molecular formula is C23H26N8O2S. The first kappa shape index (κ1) is 22.2. The smallest absolute Gasteiger partial charge is 0.229 e. The summed E-state index contributed by atoms with van der Waals surface area (Å²) in [7, 11) is 0. The Morgan fingerprint density at radius 1 is 1.21 bits per heavy atom. The number of benzene rings is 1. The van der Waals surface area contributed by atoms with Gasteiger partial charge in [0.05, 0.1) is 11.8 Å². The van der Waals surface area contributed by atoms with Crippen molar-refractivity contribution in [1.29, 1.82) is 0 Å². The van der Waals surface area contributed by atoms with E-state index >= 15 is 0 Å². The molecule has 0 bridgehead atoms. The third kappa shape index (κ3) is 5.00. The van der Waals surface area contributed by atoms with E-state index in [1.165, 1.54) is 0 Å². The quantitative estimate of drug-likeness (QED) is 0.350. The first-order valence-corrected chi connectivity index (χ1v) is 12.2. The highest BCUT2D eigenvalue weighted by molar-refractivity contribution is 7.13. The Labute approximate surface area is 200 Å². The standard InChI is InChI=1S/C23H26N8O2S/c1-2-19(32)27-16-5-3-15(4-6-16)13-25-23-30-22(28-17-7-10-33-11-8-17)29-20-18(14-26-31(20)23)21-24-9-12-34-21/h3-6,9,12,14,17H,2,7-8,10-11,13H2,1H3,(H,27,32)(H2,25,28,29,30). The molecule has 1 amide bonds. The van der Waals surface area contributed by atoms with Crippen LogP contribution in [-0.4, -0.2) is 49.7 Å². The van der Waals surface area contributed by atoms with Crippen LogP contribution in [0, 0.1) is 0 Å². The number of carbonyl (C=O) groups excluding carboxylic acids is 1. The summed E-state index contributed by atoms with van der Waals surface area (Å²) >= 11 is 1.55. The lowest BCUT2D eigenvalue weighted by Gasteiger charge is -2.23. The van der Waals surface area contributed by atoms with Gasteiger partial charge in [-0.1, -0.05) is 19.1 Å². The summed E-state index contributed by atoms with van der Waals surface area (Å²) in [5.74, 6) is 1.14. The average Bonchev–Trinajstić information content (AvgIpc) is 3.54. The normalized spacial score (nSPS) is 14.3. The fourth-order valence-electron chi connectivity index (χ4n) is 3.72. The predicted molar refractivity (Wildman–Crippen MR) is 132 cm³/mol. The number of nitrogens with zero attached hydrogens (tertiary/aromatic N) is 5. The zero-order chi connectivity index (χ0) is 23.3. The summed E-state index contributed by atoms with van der Waals surface area (Å²) in [6.07, 6.45) is 5.83. The van der Waals surface area contributed by atoms with Gasteiger partial charge in [-0.05, 0) is 30.5 Å². The van der Waals surface area contributed by atoms with Crippen molar-refractivity contribution in [1.82, 2.24) is 24.6 Å². The van der Waals surface area contributed by atoms with Gasteiger partial charge in [-0.2, -0.15) is 19.6 Å². The summed E-state index contributed by atoms with van der Waals surface area (Å²) < 4.78 is 7.18. The van der Waals surface area contributed by atoms with Crippen LogP contribution < -0.4 is 16.0 Å². The van der Waals surface area contributed by atoms with Crippen molar-refractivity contribution >= 4 is 40.5 Å². The molecule has 34 heavy (non-hydrogen) atoms. The van der Waals surface area contributed by atoms with E-state index in [0.717, 1.165) is 47.9 Å². The van der Waals surface area contributed by atoms with Crippen molar-refractivity contribution in [3.05, 3.63) is 47.6 Å². The van der Waals surface area contributed by atoms with Gasteiger partial charge in [-0.3, -0.25) is 4.79 Å². The van der Waals surface area contributed by atoms with Crippen molar-refractivity contribution in [2.75, 3.05) is 29.2 Å². The highest BCUT2D eigenvalue weighted by Gasteiger charge is 2.19. The molecule has 3 aromatic heterocycles. The number of nitrogens with one attached hydrogen (secondary N) is 3. The summed E-state index contributed by atoms with van der Waals surface area (Å²) in [4.78, 5) is 25.5. The molecule has 176 valence electrons. The van der Waals surface area contributed by atoms with E-state index in [1.807, 2.05) is 36.6 Å². The molecule has 0 radical (unpaired) electrons. The van der Waals surface area contributed by atoms with Gasteiger partial charge in [0.25, 0.3) is 0 Å². The lowest BCUT2D eigenvalue weighted by Crippen LogP contribution is -2.29. The molecule has 10 nitrogen and oxygen atoms in total. The number of aromatic nitrogens is 5. The molecule has 1 aliphatic rings. The minimum Gasteiger partial charge on any atom is -0.381 e. The molecule has 0 spiro atoms. The van der Waals surface area contributed by atoms with Crippen LogP contribution in [0.5, 0.6) is 0 Å². The Kier molecular flexibility index (Phi) is 6.63. The maximum absolute atomic E-state index is 11.6. The third-order valence-electron chi connectivity index (χ3n) is 5.59. The van der Waals surface area contributed by atoms with E-state index in [1.54, 1.807) is 28.2 Å². The Morgan fingerprint density at radius 3 is 2.76 bits per heavy atom. The van der Waals surface area contributed by atoms with Crippen LogP contribution in [0.2, 0.25) is 0 Å². The lowest BCUT2D eigenvalue weighted by atomic mass is 10.1. The predicted octanol–water partition coefficient (Wildman–Crippen LogP) is 3.80. The van der Waals surface area contributed by atoms with Gasteiger partial charge in [0, 0.05) is 49.5 Å². The molecular weight excluding hydrogens is 452 g/mol. The Morgan fingerprint density at radius 2 is 2.03 bits per heavy atom. The molecule has 0 aliphatic carbocycles. The van der Waals surface area contributed by atoms with Gasteiger partial charge < -0.3 is 20.7 Å². The summed E-state index contributed by atoms with van der Waals surface area (Å²) in [6.45, 7) is 3.83. The van der Waals surface area contributed by atoms with Crippen molar-refractivity contribution < 1.29 is 9.53 Å². The molecule has 1 saturated heterocycles. The summed E-state index contributed by atoms with van der Waals surface area (Å²) in [5, 5.41) is 17.1. The molecule has 11 heteroatoms. The fraction of sp³-hybridized carbons (Fsp3) is 0.348. The van der Waals surface area contributed by atoms with Crippen LogP contribution in [0.1, 0.15) is 31.7 Å². The van der Waals surface area contributed by atoms with Crippen molar-refractivity contribution in [3.63, 3.8) is 0 Å². The Bertz CT molecular complexity index is 1250. The van der Waals surface area contributed by atoms with Gasteiger partial charge >= 0.3 is 0 Å². The monoisotopic (exact) mass is 478 g/mol. The first-order valence-electron chi connectivity index (χ1n) is 11.3. The number of fused-ring (bicyclic) bond motifs is 1. The maximum atomic E-state index is 11.6. The molecule has 1 aliphatic heterocycles. The van der Waals surface area contributed by atoms with Crippen LogP contribution in [0.25, 0.3) is 16.2 Å². The highest BCUT2D eigenvalue weighted by atomic mass is 32.1. The first-order chi connectivity index (χ1) is 16.7. The van der Waals surface area contributed by atoms with Gasteiger partial charge in [0.15, 0.2) is 5.65 Å². The second kappa shape index (κ2) is 10.1. The number of thiazole rings is 1. The van der Waals surface area contributed by atoms with Gasteiger partial charge in [-0.15, -0.1) is 11.3 Å². The molecule has 3 N–H and O–H groups in total. The van der Waals surface area contributed by atoms with E-state index in [4.69, 9.17) is 14.7 Å². The number of hydrogen-bond acceptors (Lipinski definition) is 9. The van der Waals surface area contributed by atoms with Crippen LogP contribution in [-0.2, 0) is 16.1 Å². The highest BCUT2D eigenvalue weighted by Crippen LogP contribution is 2.27. The van der Waals surface area contributed by atoms with Gasteiger partial charge in [0.1, 0.15) is 5.01 Å². The number of amides is 1. The third-order valence-corrected chi connectivity index (χ3v) is 6.40. The van der Waals surface area contributed by atoms with Crippen molar-refractivity contribution in [3.8, 4) is 10.6 Å². The second-order valence-corrected chi connectivity index (χ2v) is 8.88. The summed E-state index contributed by atoms with van der Waals surface area (Å²) in [5.41, 5.74) is 3.39. The zero-order valence-corrected chi connectivity index (χ0v) is 19.6. The van der Waals surface area contributed by atoms with E-state index < -0.39 is 0 Å². The van der Waals surface area contributed by atoms with E-state index in [2.05, 4.69) is 26.0 Å². The number of carbonyl (C=O) groups is 1. The zero-order valence-electron chi connectivity index (χ0n) is 18.8. The van der Waals surface area contributed by atoms with Crippen LogP contribution in [0.4, 0.5) is 17.6 Å².